The summed E-state index contributed by atoms with van der Waals surface area (Å²) in [5.41, 5.74) is 0. The molecule has 0 radical (unpaired) electrons. The maximum Gasteiger partial charge on any atom is 0.321 e. The number of carboxylic acids is 1. The second-order valence-electron chi connectivity index (χ2n) is 3.91. The maximum absolute atomic E-state index is 12.3. The van der Waals surface area contributed by atoms with E-state index in [4.69, 9.17) is 5.11 Å². The fourth-order valence-corrected chi connectivity index (χ4v) is 4.26. The Morgan fingerprint density at radius 2 is 2.29 bits per heavy atom. The van der Waals surface area contributed by atoms with E-state index in [1.807, 2.05) is 0 Å². The Balaban J connectivity index is 2.37. The van der Waals surface area contributed by atoms with Crippen LogP contribution < -0.4 is 0 Å². The zero-order valence-corrected chi connectivity index (χ0v) is 10.7. The quantitative estimate of drug-likeness (QED) is 0.858. The Hall–Kier alpha value is -0.990. The van der Waals surface area contributed by atoms with Crippen molar-refractivity contribution in [1.82, 2.24) is 8.68 Å². The number of aromatic nitrogens is 1. The molecular formula is C9H12N2O4S2. The molecule has 1 N–H and O–H groups in total. The maximum atomic E-state index is 12.3. The summed E-state index contributed by atoms with van der Waals surface area (Å²) < 4.78 is 29.4. The van der Waals surface area contributed by atoms with Crippen molar-refractivity contribution < 1.29 is 18.3 Å². The normalized spacial score (nSPS) is 18.2. The smallest absolute Gasteiger partial charge is 0.321 e. The predicted molar refractivity (Wildman–Crippen MR) is 61.3 cm³/mol. The molecule has 1 saturated carbocycles. The second-order valence-corrected chi connectivity index (χ2v) is 6.82. The Morgan fingerprint density at radius 1 is 1.65 bits per heavy atom. The molecule has 1 atom stereocenters. The van der Waals surface area contributed by atoms with Gasteiger partial charge in [-0.3, -0.25) is 4.79 Å². The number of sulfonamides is 1. The van der Waals surface area contributed by atoms with E-state index in [0.29, 0.717) is 0 Å². The summed E-state index contributed by atoms with van der Waals surface area (Å²) in [6.07, 6.45) is 2.83. The van der Waals surface area contributed by atoms with Gasteiger partial charge in [-0.25, -0.2) is 8.42 Å². The fraction of sp³-hybridized carbons (Fsp3) is 0.556. The molecule has 1 aromatic heterocycles. The van der Waals surface area contributed by atoms with Crippen LogP contribution in [-0.2, 0) is 14.8 Å². The molecule has 1 aromatic rings. The Bertz CT molecular complexity index is 507. The average Bonchev–Trinajstić information content (AvgIpc) is 2.91. The molecule has 1 unspecified atom stereocenters. The van der Waals surface area contributed by atoms with Crippen LogP contribution in [0.3, 0.4) is 0 Å². The number of hydrogen-bond acceptors (Lipinski definition) is 5. The van der Waals surface area contributed by atoms with Crippen LogP contribution in [0.4, 0.5) is 0 Å². The number of hydrogen-bond donors (Lipinski definition) is 1. The lowest BCUT2D eigenvalue weighted by atomic mass is 10.3. The Morgan fingerprint density at radius 3 is 2.71 bits per heavy atom. The average molecular weight is 276 g/mol. The minimum absolute atomic E-state index is 0.0949. The Labute approximate surface area is 103 Å². The Kier molecular flexibility index (Phi) is 3.19. The zero-order chi connectivity index (χ0) is 12.6. The number of aliphatic carboxylic acids is 1. The molecule has 6 nitrogen and oxygen atoms in total. The third-order valence-corrected chi connectivity index (χ3v) is 5.80. The SMILES string of the molecule is CC(C(=O)O)N(C1CC1)S(=O)(=O)c1ccns1. The van der Waals surface area contributed by atoms with Crippen molar-refractivity contribution in [3.05, 3.63) is 12.3 Å². The number of carbonyl (C=O) groups is 1. The first kappa shape index (κ1) is 12.5. The fourth-order valence-electron chi connectivity index (χ4n) is 1.60. The molecule has 17 heavy (non-hydrogen) atoms. The van der Waals surface area contributed by atoms with Gasteiger partial charge in [-0.2, -0.15) is 8.68 Å². The number of nitrogens with zero attached hydrogens (tertiary/aromatic N) is 2. The highest BCUT2D eigenvalue weighted by molar-refractivity contribution is 7.91. The summed E-state index contributed by atoms with van der Waals surface area (Å²) in [4.78, 5) is 11.0. The zero-order valence-electron chi connectivity index (χ0n) is 9.11. The van der Waals surface area contributed by atoms with E-state index in [1.54, 1.807) is 0 Å². The van der Waals surface area contributed by atoms with Crippen molar-refractivity contribution in [2.24, 2.45) is 0 Å². The van der Waals surface area contributed by atoms with E-state index in [1.165, 1.54) is 19.2 Å². The van der Waals surface area contributed by atoms with Crippen molar-refractivity contribution >= 4 is 27.5 Å². The van der Waals surface area contributed by atoms with Crippen molar-refractivity contribution in [1.29, 1.82) is 0 Å². The van der Waals surface area contributed by atoms with E-state index in [9.17, 15) is 13.2 Å². The van der Waals surface area contributed by atoms with Gasteiger partial charge in [0.05, 0.1) is 0 Å². The van der Waals surface area contributed by atoms with Crippen molar-refractivity contribution in [2.45, 2.75) is 36.1 Å². The topological polar surface area (TPSA) is 87.6 Å². The largest absolute Gasteiger partial charge is 0.480 e. The predicted octanol–water partition coefficient (Wildman–Crippen LogP) is 0.769. The number of rotatable bonds is 5. The van der Waals surface area contributed by atoms with Crippen LogP contribution in [0, 0.1) is 0 Å². The molecule has 1 aliphatic rings. The monoisotopic (exact) mass is 276 g/mol. The lowest BCUT2D eigenvalue weighted by Crippen LogP contribution is -2.44. The molecule has 0 spiro atoms. The molecule has 0 amide bonds. The highest BCUT2D eigenvalue weighted by Gasteiger charge is 2.44. The molecule has 2 rings (SSSR count). The first-order chi connectivity index (χ1) is 7.94. The van der Waals surface area contributed by atoms with Gasteiger partial charge in [-0.1, -0.05) is 0 Å². The van der Waals surface area contributed by atoms with Crippen molar-refractivity contribution in [2.75, 3.05) is 0 Å². The highest BCUT2D eigenvalue weighted by Crippen LogP contribution is 2.34. The molecule has 1 fully saturated rings. The van der Waals surface area contributed by atoms with E-state index >= 15 is 0 Å². The number of carboxylic acid groups (broad SMARTS) is 1. The summed E-state index contributed by atoms with van der Waals surface area (Å²) in [7, 11) is -3.73. The van der Waals surface area contributed by atoms with Crippen LogP contribution in [0.1, 0.15) is 19.8 Å². The summed E-state index contributed by atoms with van der Waals surface area (Å²) >= 11 is 0.860. The van der Waals surface area contributed by atoms with Crippen molar-refractivity contribution in [3.63, 3.8) is 0 Å². The lowest BCUT2D eigenvalue weighted by Gasteiger charge is -2.24. The van der Waals surface area contributed by atoms with Gasteiger partial charge in [-0.05, 0) is 37.4 Å². The summed E-state index contributed by atoms with van der Waals surface area (Å²) in [5, 5.41) is 8.97. The molecular weight excluding hydrogens is 264 g/mol. The molecule has 1 heterocycles. The van der Waals surface area contributed by atoms with E-state index in [0.717, 1.165) is 28.7 Å². The van der Waals surface area contributed by atoms with Crippen LogP contribution in [-0.4, -0.2) is 40.3 Å². The van der Waals surface area contributed by atoms with Gasteiger partial charge in [0.25, 0.3) is 10.0 Å². The van der Waals surface area contributed by atoms with E-state index < -0.39 is 22.0 Å². The van der Waals surface area contributed by atoms with Gasteiger partial charge in [0.1, 0.15) is 6.04 Å². The first-order valence-electron chi connectivity index (χ1n) is 5.11. The van der Waals surface area contributed by atoms with E-state index in [2.05, 4.69) is 4.37 Å². The molecule has 0 bridgehead atoms. The van der Waals surface area contributed by atoms with Crippen molar-refractivity contribution in [3.8, 4) is 0 Å². The van der Waals surface area contributed by atoms with Gasteiger partial charge in [-0.15, -0.1) is 0 Å². The second kappa shape index (κ2) is 4.35. The minimum Gasteiger partial charge on any atom is -0.480 e. The molecule has 94 valence electrons. The van der Waals surface area contributed by atoms with Gasteiger partial charge >= 0.3 is 5.97 Å². The molecule has 8 heteroatoms. The highest BCUT2D eigenvalue weighted by atomic mass is 32.2. The first-order valence-corrected chi connectivity index (χ1v) is 7.33. The minimum atomic E-state index is -3.73. The van der Waals surface area contributed by atoms with E-state index in [-0.39, 0.29) is 10.3 Å². The third-order valence-electron chi connectivity index (χ3n) is 2.59. The van der Waals surface area contributed by atoms with Crippen LogP contribution in [0.5, 0.6) is 0 Å². The molecule has 0 saturated heterocycles. The third kappa shape index (κ3) is 2.33. The summed E-state index contributed by atoms with van der Waals surface area (Å²) in [6.45, 7) is 1.39. The standard InChI is InChI=1S/C9H12N2O4S2/c1-6(9(12)13)11(7-2-3-7)17(14,15)8-4-5-10-16-8/h4-7H,2-3H2,1H3,(H,12,13). The van der Waals surface area contributed by atoms with Gasteiger partial charge in [0.15, 0.2) is 4.21 Å². The molecule has 1 aliphatic carbocycles. The molecule has 0 aliphatic heterocycles. The van der Waals surface area contributed by atoms with Gasteiger partial charge < -0.3 is 5.11 Å². The van der Waals surface area contributed by atoms with Crippen LogP contribution in [0.2, 0.25) is 0 Å². The molecule has 0 aromatic carbocycles. The lowest BCUT2D eigenvalue weighted by molar-refractivity contribution is -0.141. The summed E-state index contributed by atoms with van der Waals surface area (Å²) in [5.74, 6) is -1.13. The summed E-state index contributed by atoms with van der Waals surface area (Å²) in [6, 6.07) is 0.159. The van der Waals surface area contributed by atoms with Crippen LogP contribution >= 0.6 is 11.5 Å². The van der Waals surface area contributed by atoms with Crippen LogP contribution in [0.15, 0.2) is 16.5 Å². The van der Waals surface area contributed by atoms with Gasteiger partial charge in [0, 0.05) is 12.2 Å². The van der Waals surface area contributed by atoms with Gasteiger partial charge in [0.2, 0.25) is 0 Å². The van der Waals surface area contributed by atoms with Crippen LogP contribution in [0.25, 0.3) is 0 Å².